The van der Waals surface area contributed by atoms with Gasteiger partial charge in [0, 0.05) is 19.0 Å². The SMILES string of the molecule is C/C(=C/c1ccccc1)CN1CCC(C(=O)NCCCN(C)C)CC1. The molecule has 1 aromatic carbocycles. The summed E-state index contributed by atoms with van der Waals surface area (Å²) in [7, 11) is 4.12. The van der Waals surface area contributed by atoms with E-state index < -0.39 is 0 Å². The van der Waals surface area contributed by atoms with Crippen LogP contribution >= 0.6 is 0 Å². The van der Waals surface area contributed by atoms with Crippen LogP contribution in [-0.2, 0) is 4.79 Å². The largest absolute Gasteiger partial charge is 0.356 e. The number of hydrogen-bond acceptors (Lipinski definition) is 3. The molecule has 1 N–H and O–H groups in total. The van der Waals surface area contributed by atoms with E-state index in [4.69, 9.17) is 0 Å². The standard InChI is InChI=1S/C21H33N3O/c1-18(16-19-8-5-4-6-9-19)17-24-14-10-20(11-15-24)21(25)22-12-7-13-23(2)3/h4-6,8-9,16,20H,7,10-15,17H2,1-3H3,(H,22,25)/b18-16-. The smallest absolute Gasteiger partial charge is 0.223 e. The van der Waals surface area contributed by atoms with Crippen LogP contribution in [0.25, 0.3) is 6.08 Å². The van der Waals surface area contributed by atoms with Gasteiger partial charge in [0.25, 0.3) is 0 Å². The summed E-state index contributed by atoms with van der Waals surface area (Å²) in [6, 6.07) is 10.5. The molecule has 138 valence electrons. The number of nitrogens with one attached hydrogen (secondary N) is 1. The molecular weight excluding hydrogens is 310 g/mol. The van der Waals surface area contributed by atoms with Crippen molar-refractivity contribution in [3.8, 4) is 0 Å². The van der Waals surface area contributed by atoms with Gasteiger partial charge in [-0.2, -0.15) is 0 Å². The maximum absolute atomic E-state index is 12.3. The highest BCUT2D eigenvalue weighted by molar-refractivity contribution is 5.78. The van der Waals surface area contributed by atoms with Crippen LogP contribution in [0.1, 0.15) is 31.7 Å². The van der Waals surface area contributed by atoms with Crippen LogP contribution in [0.3, 0.4) is 0 Å². The van der Waals surface area contributed by atoms with Crippen molar-refractivity contribution in [1.82, 2.24) is 15.1 Å². The van der Waals surface area contributed by atoms with Gasteiger partial charge in [-0.05, 0) is 65.5 Å². The summed E-state index contributed by atoms with van der Waals surface area (Å²) in [5.74, 6) is 0.434. The summed E-state index contributed by atoms with van der Waals surface area (Å²) in [5, 5.41) is 3.10. The first-order chi connectivity index (χ1) is 12.0. The van der Waals surface area contributed by atoms with Gasteiger partial charge in [-0.1, -0.05) is 42.0 Å². The van der Waals surface area contributed by atoms with Gasteiger partial charge in [0.15, 0.2) is 0 Å². The summed E-state index contributed by atoms with van der Waals surface area (Å²) in [6.45, 7) is 7.01. The number of benzene rings is 1. The zero-order valence-electron chi connectivity index (χ0n) is 16.0. The predicted molar refractivity (Wildman–Crippen MR) is 105 cm³/mol. The summed E-state index contributed by atoms with van der Waals surface area (Å²) in [6.07, 6.45) is 5.21. The molecule has 4 heteroatoms. The number of hydrogen-bond donors (Lipinski definition) is 1. The third kappa shape index (κ3) is 7.41. The Balaban J connectivity index is 1.68. The molecule has 0 radical (unpaired) electrons. The number of nitrogens with zero attached hydrogens (tertiary/aromatic N) is 2. The van der Waals surface area contributed by atoms with Gasteiger partial charge in [0.2, 0.25) is 5.91 Å². The van der Waals surface area contributed by atoms with Gasteiger partial charge in [0.05, 0.1) is 0 Å². The average Bonchev–Trinajstić information content (AvgIpc) is 2.60. The Kier molecular flexibility index (Phi) is 8.16. The lowest BCUT2D eigenvalue weighted by Crippen LogP contribution is -2.41. The van der Waals surface area contributed by atoms with Gasteiger partial charge in [-0.25, -0.2) is 0 Å². The van der Waals surface area contributed by atoms with E-state index in [1.807, 2.05) is 6.07 Å². The number of rotatable bonds is 8. The molecule has 1 aromatic rings. The second-order valence-corrected chi connectivity index (χ2v) is 7.40. The fourth-order valence-corrected chi connectivity index (χ4v) is 3.34. The molecule has 0 atom stereocenters. The van der Waals surface area contributed by atoms with Crippen LogP contribution < -0.4 is 5.32 Å². The van der Waals surface area contributed by atoms with E-state index >= 15 is 0 Å². The lowest BCUT2D eigenvalue weighted by Gasteiger charge is -2.31. The molecule has 1 fully saturated rings. The van der Waals surface area contributed by atoms with Gasteiger partial charge in [0.1, 0.15) is 0 Å². The molecule has 4 nitrogen and oxygen atoms in total. The van der Waals surface area contributed by atoms with Crippen LogP contribution in [0, 0.1) is 5.92 Å². The number of amides is 1. The first-order valence-electron chi connectivity index (χ1n) is 9.41. The Hall–Kier alpha value is -1.65. The predicted octanol–water partition coefficient (Wildman–Crippen LogP) is 2.87. The van der Waals surface area contributed by atoms with E-state index in [0.29, 0.717) is 0 Å². The van der Waals surface area contributed by atoms with Crippen molar-refractivity contribution in [1.29, 1.82) is 0 Å². The third-order valence-corrected chi connectivity index (χ3v) is 4.73. The van der Waals surface area contributed by atoms with E-state index in [1.165, 1.54) is 11.1 Å². The first kappa shape index (κ1) is 19.7. The van der Waals surface area contributed by atoms with Gasteiger partial charge >= 0.3 is 0 Å². The molecule has 0 aliphatic carbocycles. The van der Waals surface area contributed by atoms with E-state index in [9.17, 15) is 4.79 Å². The zero-order chi connectivity index (χ0) is 18.1. The molecule has 1 saturated heterocycles. The molecule has 0 spiro atoms. The summed E-state index contributed by atoms with van der Waals surface area (Å²) < 4.78 is 0. The molecule has 0 saturated carbocycles. The monoisotopic (exact) mass is 343 g/mol. The second-order valence-electron chi connectivity index (χ2n) is 7.40. The van der Waals surface area contributed by atoms with Crippen LogP contribution in [0.5, 0.6) is 0 Å². The van der Waals surface area contributed by atoms with Crippen LogP contribution in [0.2, 0.25) is 0 Å². The molecule has 0 aromatic heterocycles. The fourth-order valence-electron chi connectivity index (χ4n) is 3.34. The maximum Gasteiger partial charge on any atom is 0.223 e. The lowest BCUT2D eigenvalue weighted by molar-refractivity contribution is -0.126. The topological polar surface area (TPSA) is 35.6 Å². The Morgan fingerprint density at radius 3 is 2.56 bits per heavy atom. The van der Waals surface area contributed by atoms with E-state index in [1.54, 1.807) is 0 Å². The Bertz CT molecular complexity index is 546. The molecule has 25 heavy (non-hydrogen) atoms. The van der Waals surface area contributed by atoms with E-state index in [2.05, 4.69) is 66.5 Å². The minimum absolute atomic E-state index is 0.189. The molecule has 2 rings (SSSR count). The van der Waals surface area contributed by atoms with Crippen LogP contribution in [0.4, 0.5) is 0 Å². The summed E-state index contributed by atoms with van der Waals surface area (Å²) in [4.78, 5) is 16.9. The van der Waals surface area contributed by atoms with Crippen molar-refractivity contribution in [3.63, 3.8) is 0 Å². The number of carbonyl (C=O) groups is 1. The number of carbonyl (C=O) groups excluding carboxylic acids is 1. The number of likely N-dealkylation sites (tertiary alicyclic amines) is 1. The Morgan fingerprint density at radius 1 is 1.24 bits per heavy atom. The highest BCUT2D eigenvalue weighted by Gasteiger charge is 2.24. The molecule has 0 bridgehead atoms. The Morgan fingerprint density at radius 2 is 1.92 bits per heavy atom. The fraction of sp³-hybridized carbons (Fsp3) is 0.571. The lowest BCUT2D eigenvalue weighted by atomic mass is 9.95. The average molecular weight is 344 g/mol. The number of piperidine rings is 1. The van der Waals surface area contributed by atoms with Crippen molar-refractivity contribution < 1.29 is 4.79 Å². The molecular formula is C21H33N3O. The van der Waals surface area contributed by atoms with E-state index in [0.717, 1.165) is 52.0 Å². The Labute approximate surface area is 152 Å². The minimum atomic E-state index is 0.189. The van der Waals surface area contributed by atoms with Gasteiger partial charge in [-0.3, -0.25) is 9.69 Å². The molecule has 1 amide bonds. The van der Waals surface area contributed by atoms with Gasteiger partial charge in [-0.15, -0.1) is 0 Å². The van der Waals surface area contributed by atoms with Crippen molar-refractivity contribution >= 4 is 12.0 Å². The van der Waals surface area contributed by atoms with E-state index in [-0.39, 0.29) is 11.8 Å². The normalized spacial score (nSPS) is 17.0. The third-order valence-electron chi connectivity index (χ3n) is 4.73. The highest BCUT2D eigenvalue weighted by Crippen LogP contribution is 2.19. The first-order valence-corrected chi connectivity index (χ1v) is 9.41. The highest BCUT2D eigenvalue weighted by atomic mass is 16.1. The molecule has 0 unspecified atom stereocenters. The van der Waals surface area contributed by atoms with Crippen molar-refractivity contribution in [2.75, 3.05) is 46.8 Å². The van der Waals surface area contributed by atoms with Crippen molar-refractivity contribution in [3.05, 3.63) is 41.5 Å². The van der Waals surface area contributed by atoms with Crippen LogP contribution in [0.15, 0.2) is 35.9 Å². The molecule has 1 aliphatic rings. The minimum Gasteiger partial charge on any atom is -0.356 e. The van der Waals surface area contributed by atoms with Crippen molar-refractivity contribution in [2.24, 2.45) is 5.92 Å². The molecule has 1 aliphatic heterocycles. The summed E-state index contributed by atoms with van der Waals surface area (Å²) in [5.41, 5.74) is 2.63. The van der Waals surface area contributed by atoms with Gasteiger partial charge < -0.3 is 10.2 Å². The van der Waals surface area contributed by atoms with Crippen LogP contribution in [-0.4, -0.2) is 62.5 Å². The summed E-state index contributed by atoms with van der Waals surface area (Å²) >= 11 is 0. The maximum atomic E-state index is 12.3. The second kappa shape index (κ2) is 10.4. The molecule has 1 heterocycles. The van der Waals surface area contributed by atoms with Crippen molar-refractivity contribution in [2.45, 2.75) is 26.2 Å². The quantitative estimate of drug-likeness (QED) is 0.737. The zero-order valence-corrected chi connectivity index (χ0v) is 16.0.